The van der Waals surface area contributed by atoms with Crippen LogP contribution in [0.1, 0.15) is 35.3 Å². The number of nitrogens with one attached hydrogen (secondary N) is 1. The van der Waals surface area contributed by atoms with Crippen molar-refractivity contribution in [1.82, 2.24) is 0 Å². The van der Waals surface area contributed by atoms with Gasteiger partial charge in [-0.2, -0.15) is 0 Å². The maximum absolute atomic E-state index is 12.6. The number of Topliss-reactive ketones (excluding diaryl/α,β-unsaturated/α-hetero) is 1. The van der Waals surface area contributed by atoms with E-state index < -0.39 is 10.0 Å². The molecule has 0 saturated carbocycles. The Balaban J connectivity index is 2.33. The summed E-state index contributed by atoms with van der Waals surface area (Å²) in [6, 6.07) is 9.67. The fourth-order valence-corrected chi connectivity index (χ4v) is 3.72. The van der Waals surface area contributed by atoms with Gasteiger partial charge >= 0.3 is 0 Å². The van der Waals surface area contributed by atoms with Crippen molar-refractivity contribution in [2.24, 2.45) is 0 Å². The van der Waals surface area contributed by atoms with E-state index in [1.807, 2.05) is 13.8 Å². The topological polar surface area (TPSA) is 72.5 Å². The Labute approximate surface area is 142 Å². The van der Waals surface area contributed by atoms with Crippen LogP contribution in [0.15, 0.2) is 41.3 Å². The highest BCUT2D eigenvalue weighted by Gasteiger charge is 2.19. The molecule has 0 bridgehead atoms. The van der Waals surface area contributed by atoms with Crippen LogP contribution >= 0.6 is 0 Å². The van der Waals surface area contributed by atoms with Gasteiger partial charge in [-0.3, -0.25) is 9.52 Å². The molecule has 24 heavy (non-hydrogen) atoms. The molecule has 2 aromatic rings. The van der Waals surface area contributed by atoms with Gasteiger partial charge in [-0.25, -0.2) is 8.42 Å². The summed E-state index contributed by atoms with van der Waals surface area (Å²) in [6.07, 6.45) is 0. The molecule has 0 saturated heterocycles. The lowest BCUT2D eigenvalue weighted by atomic mass is 10.1. The Morgan fingerprint density at radius 1 is 1.08 bits per heavy atom. The van der Waals surface area contributed by atoms with Gasteiger partial charge in [-0.05, 0) is 75.2 Å². The van der Waals surface area contributed by atoms with E-state index in [4.69, 9.17) is 4.74 Å². The Morgan fingerprint density at radius 2 is 1.71 bits per heavy atom. The molecule has 0 fully saturated rings. The molecule has 128 valence electrons. The van der Waals surface area contributed by atoms with Crippen molar-refractivity contribution in [3.63, 3.8) is 0 Å². The van der Waals surface area contributed by atoms with E-state index in [1.165, 1.54) is 6.92 Å². The molecule has 0 heterocycles. The fraction of sp³-hybridized carbons (Fsp3) is 0.278. The van der Waals surface area contributed by atoms with Crippen LogP contribution in [0.25, 0.3) is 0 Å². The van der Waals surface area contributed by atoms with Gasteiger partial charge in [0.1, 0.15) is 5.75 Å². The summed E-state index contributed by atoms with van der Waals surface area (Å²) < 4.78 is 33.3. The van der Waals surface area contributed by atoms with Crippen LogP contribution in [-0.2, 0) is 10.0 Å². The van der Waals surface area contributed by atoms with Crippen molar-refractivity contribution in [2.45, 2.75) is 32.6 Å². The smallest absolute Gasteiger partial charge is 0.262 e. The predicted octanol–water partition coefficient (Wildman–Crippen LogP) is 3.71. The highest BCUT2D eigenvalue weighted by molar-refractivity contribution is 7.92. The van der Waals surface area contributed by atoms with Crippen LogP contribution in [0.2, 0.25) is 0 Å². The number of hydrogen-bond acceptors (Lipinski definition) is 4. The third-order valence-corrected chi connectivity index (χ3v) is 5.13. The zero-order chi connectivity index (χ0) is 17.9. The molecule has 0 radical (unpaired) electrons. The first-order chi connectivity index (χ1) is 11.2. The van der Waals surface area contributed by atoms with E-state index in [0.717, 1.165) is 5.56 Å². The van der Waals surface area contributed by atoms with Gasteiger partial charge in [0.15, 0.2) is 5.78 Å². The van der Waals surface area contributed by atoms with Gasteiger partial charge in [0.2, 0.25) is 0 Å². The normalized spacial score (nSPS) is 11.2. The molecule has 0 spiro atoms. The van der Waals surface area contributed by atoms with E-state index >= 15 is 0 Å². The van der Waals surface area contributed by atoms with E-state index in [9.17, 15) is 13.2 Å². The van der Waals surface area contributed by atoms with Gasteiger partial charge in [0, 0.05) is 11.3 Å². The molecule has 0 atom stereocenters. The monoisotopic (exact) mass is 347 g/mol. The summed E-state index contributed by atoms with van der Waals surface area (Å²) in [6.45, 7) is 7.41. The van der Waals surface area contributed by atoms with Crippen molar-refractivity contribution >= 4 is 21.5 Å². The summed E-state index contributed by atoms with van der Waals surface area (Å²) in [5.41, 5.74) is 2.31. The summed E-state index contributed by atoms with van der Waals surface area (Å²) in [5, 5.41) is 0. The van der Waals surface area contributed by atoms with Gasteiger partial charge in [-0.1, -0.05) is 0 Å². The van der Waals surface area contributed by atoms with Gasteiger partial charge in [0.25, 0.3) is 10.0 Å². The summed E-state index contributed by atoms with van der Waals surface area (Å²) >= 11 is 0. The Hall–Kier alpha value is -2.34. The Bertz CT molecular complexity index is 855. The van der Waals surface area contributed by atoms with Crippen molar-refractivity contribution in [2.75, 3.05) is 11.3 Å². The molecular weight excluding hydrogens is 326 g/mol. The molecule has 0 aliphatic heterocycles. The molecule has 0 aromatic heterocycles. The van der Waals surface area contributed by atoms with Gasteiger partial charge < -0.3 is 4.74 Å². The van der Waals surface area contributed by atoms with Crippen molar-refractivity contribution in [3.05, 3.63) is 53.1 Å². The maximum atomic E-state index is 12.6. The Morgan fingerprint density at radius 3 is 2.25 bits per heavy atom. The average molecular weight is 347 g/mol. The molecular formula is C18H21NO4S. The molecule has 6 heteroatoms. The first-order valence-corrected chi connectivity index (χ1v) is 9.10. The minimum absolute atomic E-state index is 0.0672. The molecule has 5 nitrogen and oxygen atoms in total. The third kappa shape index (κ3) is 3.94. The number of sulfonamides is 1. The molecule has 0 aliphatic carbocycles. The van der Waals surface area contributed by atoms with E-state index in [1.54, 1.807) is 43.3 Å². The first-order valence-electron chi connectivity index (χ1n) is 7.62. The molecule has 2 rings (SSSR count). The average Bonchev–Trinajstić information content (AvgIpc) is 2.50. The molecule has 0 amide bonds. The highest BCUT2D eigenvalue weighted by atomic mass is 32.2. The number of ether oxygens (including phenoxy) is 1. The van der Waals surface area contributed by atoms with Crippen LogP contribution < -0.4 is 9.46 Å². The van der Waals surface area contributed by atoms with Crippen LogP contribution in [0, 0.1) is 13.8 Å². The van der Waals surface area contributed by atoms with Gasteiger partial charge in [-0.15, -0.1) is 0 Å². The van der Waals surface area contributed by atoms with E-state index in [2.05, 4.69) is 4.72 Å². The number of hydrogen-bond donors (Lipinski definition) is 1. The van der Waals surface area contributed by atoms with Crippen molar-refractivity contribution < 1.29 is 17.9 Å². The lowest BCUT2D eigenvalue weighted by Gasteiger charge is -2.14. The summed E-state index contributed by atoms with van der Waals surface area (Å²) in [7, 11) is -3.72. The molecule has 0 unspecified atom stereocenters. The number of carbonyl (C=O) groups excluding carboxylic acids is 1. The fourth-order valence-electron chi connectivity index (χ4n) is 2.35. The highest BCUT2D eigenvalue weighted by Crippen LogP contribution is 2.27. The number of benzene rings is 2. The second kappa shape index (κ2) is 7.05. The zero-order valence-corrected chi connectivity index (χ0v) is 15.0. The van der Waals surface area contributed by atoms with Crippen molar-refractivity contribution in [1.29, 1.82) is 0 Å². The van der Waals surface area contributed by atoms with Crippen LogP contribution in [0.4, 0.5) is 5.69 Å². The minimum Gasteiger partial charge on any atom is -0.494 e. The maximum Gasteiger partial charge on any atom is 0.262 e. The first kappa shape index (κ1) is 18.0. The number of ketones is 1. The molecule has 1 N–H and O–H groups in total. The second-order valence-electron chi connectivity index (χ2n) is 5.56. The minimum atomic E-state index is -3.72. The van der Waals surface area contributed by atoms with Crippen LogP contribution in [-0.4, -0.2) is 20.8 Å². The predicted molar refractivity (Wildman–Crippen MR) is 94.3 cm³/mol. The Kier molecular flexibility index (Phi) is 5.29. The number of rotatable bonds is 6. The SMILES string of the molecule is CCOc1cc(C)c(S(=O)(=O)Nc2ccc(C(C)=O)cc2)cc1C. The van der Waals surface area contributed by atoms with E-state index in [-0.39, 0.29) is 10.7 Å². The number of anilines is 1. The zero-order valence-electron chi connectivity index (χ0n) is 14.2. The van der Waals surface area contributed by atoms with Gasteiger partial charge in [0.05, 0.1) is 11.5 Å². The van der Waals surface area contributed by atoms with Crippen LogP contribution in [0.5, 0.6) is 5.75 Å². The quantitative estimate of drug-likeness (QED) is 0.809. The summed E-state index contributed by atoms with van der Waals surface area (Å²) in [5.74, 6) is 0.613. The summed E-state index contributed by atoms with van der Waals surface area (Å²) in [4.78, 5) is 11.5. The molecule has 0 aliphatic rings. The molecule has 2 aromatic carbocycles. The lowest BCUT2D eigenvalue weighted by Crippen LogP contribution is -2.15. The van der Waals surface area contributed by atoms with Crippen molar-refractivity contribution in [3.8, 4) is 5.75 Å². The third-order valence-electron chi connectivity index (χ3n) is 3.61. The lowest BCUT2D eigenvalue weighted by molar-refractivity contribution is 0.101. The van der Waals surface area contributed by atoms with E-state index in [0.29, 0.717) is 29.2 Å². The largest absolute Gasteiger partial charge is 0.494 e. The van der Waals surface area contributed by atoms with Crippen LogP contribution in [0.3, 0.4) is 0 Å². The number of carbonyl (C=O) groups is 1. The number of aryl methyl sites for hydroxylation is 2. The standard InChI is InChI=1S/C18H21NO4S/c1-5-23-17-10-13(3)18(11-12(17)2)24(21,22)19-16-8-6-15(7-9-16)14(4)20/h6-11,19H,5H2,1-4H3. The second-order valence-corrected chi connectivity index (χ2v) is 7.21.